The van der Waals surface area contributed by atoms with E-state index in [0.717, 1.165) is 5.69 Å². The Labute approximate surface area is 93.0 Å². The van der Waals surface area contributed by atoms with Gasteiger partial charge in [-0.1, -0.05) is 0 Å². The van der Waals surface area contributed by atoms with E-state index in [1.165, 1.54) is 13.2 Å². The lowest BCUT2D eigenvalue weighted by molar-refractivity contribution is -0.115. The minimum absolute atomic E-state index is 0.126. The number of carbonyl (C=O) groups excluding carboxylic acids is 1. The molecule has 0 radical (unpaired) electrons. The van der Waals surface area contributed by atoms with Gasteiger partial charge in [0, 0.05) is 18.7 Å². The minimum atomic E-state index is -0.473. The molecule has 0 saturated heterocycles. The second kappa shape index (κ2) is 4.00. The first-order valence-electron chi connectivity index (χ1n) is 5.08. The van der Waals surface area contributed by atoms with Crippen LogP contribution in [0.25, 0.3) is 0 Å². The molecule has 0 saturated carbocycles. The molecule has 1 heterocycles. The number of rotatable bonds is 2. The number of hydrogen-bond acceptors (Lipinski definition) is 3. The quantitative estimate of drug-likeness (QED) is 0.829. The van der Waals surface area contributed by atoms with Crippen molar-refractivity contribution in [1.29, 1.82) is 0 Å². The molecule has 0 spiro atoms. The summed E-state index contributed by atoms with van der Waals surface area (Å²) in [4.78, 5) is 13.2. The molecule has 0 bridgehead atoms. The number of methoxy groups -OCH3 is 1. The topological polar surface area (TPSA) is 41.6 Å². The number of benzene rings is 1. The van der Waals surface area contributed by atoms with E-state index in [4.69, 9.17) is 4.74 Å². The Morgan fingerprint density at radius 1 is 1.56 bits per heavy atom. The standard InChI is InChI=1S/C11H13FN2O2/c1-3-14-6-11(15)13-8-4-7(12)10(16-2)5-9(8)14/h4-5H,3,6H2,1-2H3,(H,13,15). The van der Waals surface area contributed by atoms with Gasteiger partial charge in [0.2, 0.25) is 5.91 Å². The second-order valence-corrected chi connectivity index (χ2v) is 3.57. The molecule has 1 N–H and O–H groups in total. The second-order valence-electron chi connectivity index (χ2n) is 3.57. The number of nitrogens with one attached hydrogen (secondary N) is 1. The van der Waals surface area contributed by atoms with Crippen LogP contribution in [0.15, 0.2) is 12.1 Å². The van der Waals surface area contributed by atoms with Crippen LogP contribution in [0.4, 0.5) is 15.8 Å². The maximum Gasteiger partial charge on any atom is 0.243 e. The van der Waals surface area contributed by atoms with Gasteiger partial charge < -0.3 is 15.0 Å². The molecule has 0 fully saturated rings. The van der Waals surface area contributed by atoms with Gasteiger partial charge in [-0.05, 0) is 6.92 Å². The van der Waals surface area contributed by atoms with Gasteiger partial charge in [-0.3, -0.25) is 4.79 Å². The monoisotopic (exact) mass is 224 g/mol. The Kier molecular flexibility index (Phi) is 2.68. The highest BCUT2D eigenvalue weighted by molar-refractivity contribution is 6.01. The number of hydrogen-bond donors (Lipinski definition) is 1. The van der Waals surface area contributed by atoms with Crippen molar-refractivity contribution in [2.45, 2.75) is 6.92 Å². The molecule has 16 heavy (non-hydrogen) atoms. The lowest BCUT2D eigenvalue weighted by Gasteiger charge is -2.30. The molecule has 1 aromatic rings. The first kappa shape index (κ1) is 10.7. The van der Waals surface area contributed by atoms with Gasteiger partial charge in [0.25, 0.3) is 0 Å². The summed E-state index contributed by atoms with van der Waals surface area (Å²) in [6.07, 6.45) is 0. The molecule has 1 aliphatic rings. The van der Waals surface area contributed by atoms with Crippen LogP contribution in [0.5, 0.6) is 5.75 Å². The van der Waals surface area contributed by atoms with E-state index in [2.05, 4.69) is 5.32 Å². The maximum atomic E-state index is 13.4. The zero-order chi connectivity index (χ0) is 11.7. The molecular weight excluding hydrogens is 211 g/mol. The van der Waals surface area contributed by atoms with Gasteiger partial charge in [0.05, 0.1) is 25.0 Å². The summed E-state index contributed by atoms with van der Waals surface area (Å²) in [6, 6.07) is 2.89. The molecule has 5 heteroatoms. The molecular formula is C11H13FN2O2. The van der Waals surface area contributed by atoms with Crippen molar-refractivity contribution in [2.75, 3.05) is 30.4 Å². The van der Waals surface area contributed by atoms with Gasteiger partial charge in [0.15, 0.2) is 11.6 Å². The van der Waals surface area contributed by atoms with Gasteiger partial charge in [-0.2, -0.15) is 0 Å². The van der Waals surface area contributed by atoms with Crippen LogP contribution in [-0.2, 0) is 4.79 Å². The van der Waals surface area contributed by atoms with E-state index in [0.29, 0.717) is 12.2 Å². The zero-order valence-electron chi connectivity index (χ0n) is 9.21. The van der Waals surface area contributed by atoms with E-state index in [1.807, 2.05) is 11.8 Å². The Balaban J connectivity index is 2.50. The van der Waals surface area contributed by atoms with Crippen LogP contribution in [0, 0.1) is 5.82 Å². The number of amides is 1. The van der Waals surface area contributed by atoms with Crippen LogP contribution < -0.4 is 15.0 Å². The Morgan fingerprint density at radius 3 is 2.94 bits per heavy atom. The fourth-order valence-corrected chi connectivity index (χ4v) is 1.79. The minimum Gasteiger partial charge on any atom is -0.494 e. The third-order valence-electron chi connectivity index (χ3n) is 2.60. The van der Waals surface area contributed by atoms with E-state index >= 15 is 0 Å². The molecule has 1 aliphatic heterocycles. The molecule has 86 valence electrons. The summed E-state index contributed by atoms with van der Waals surface area (Å²) in [7, 11) is 1.42. The van der Waals surface area contributed by atoms with Crippen LogP contribution in [0.2, 0.25) is 0 Å². The fraction of sp³-hybridized carbons (Fsp3) is 0.364. The predicted molar refractivity (Wildman–Crippen MR) is 59.5 cm³/mol. The van der Waals surface area contributed by atoms with Crippen LogP contribution in [0.3, 0.4) is 0 Å². The summed E-state index contributed by atoms with van der Waals surface area (Å²) in [5, 5.41) is 2.64. The number of fused-ring (bicyclic) bond motifs is 1. The van der Waals surface area contributed by atoms with Crippen molar-refractivity contribution in [3.05, 3.63) is 17.9 Å². The molecule has 0 unspecified atom stereocenters. The van der Waals surface area contributed by atoms with Gasteiger partial charge >= 0.3 is 0 Å². The number of anilines is 2. The number of likely N-dealkylation sites (N-methyl/N-ethyl adjacent to an activating group) is 1. The third kappa shape index (κ3) is 1.68. The van der Waals surface area contributed by atoms with E-state index in [-0.39, 0.29) is 18.2 Å². The SMILES string of the molecule is CCN1CC(=O)Nc2cc(F)c(OC)cc21. The molecule has 1 aromatic carbocycles. The fourth-order valence-electron chi connectivity index (χ4n) is 1.79. The van der Waals surface area contributed by atoms with Crippen molar-refractivity contribution in [1.82, 2.24) is 0 Å². The van der Waals surface area contributed by atoms with E-state index in [9.17, 15) is 9.18 Å². The molecule has 0 aromatic heterocycles. The highest BCUT2D eigenvalue weighted by atomic mass is 19.1. The van der Waals surface area contributed by atoms with Crippen LogP contribution in [0.1, 0.15) is 6.92 Å². The number of halogens is 1. The lowest BCUT2D eigenvalue weighted by atomic mass is 10.1. The average Bonchev–Trinajstić information content (AvgIpc) is 2.26. The summed E-state index contributed by atoms with van der Waals surface area (Å²) >= 11 is 0. The highest BCUT2D eigenvalue weighted by Crippen LogP contribution is 2.34. The van der Waals surface area contributed by atoms with Crippen molar-refractivity contribution in [2.24, 2.45) is 0 Å². The van der Waals surface area contributed by atoms with Gasteiger partial charge in [0.1, 0.15) is 0 Å². The summed E-state index contributed by atoms with van der Waals surface area (Å²) in [5.74, 6) is -0.410. The summed E-state index contributed by atoms with van der Waals surface area (Å²) in [6.45, 7) is 2.92. The summed E-state index contributed by atoms with van der Waals surface area (Å²) in [5.41, 5.74) is 1.29. The lowest BCUT2D eigenvalue weighted by Crippen LogP contribution is -2.38. The van der Waals surface area contributed by atoms with Crippen molar-refractivity contribution < 1.29 is 13.9 Å². The average molecular weight is 224 g/mol. The predicted octanol–water partition coefficient (Wildman–Crippen LogP) is 1.61. The number of ether oxygens (including phenoxy) is 1. The Morgan fingerprint density at radius 2 is 2.31 bits per heavy atom. The smallest absolute Gasteiger partial charge is 0.243 e. The van der Waals surface area contributed by atoms with Gasteiger partial charge in [-0.15, -0.1) is 0 Å². The number of carbonyl (C=O) groups is 1. The maximum absolute atomic E-state index is 13.4. The van der Waals surface area contributed by atoms with E-state index < -0.39 is 5.82 Å². The molecule has 0 aliphatic carbocycles. The molecule has 0 atom stereocenters. The van der Waals surface area contributed by atoms with Crippen LogP contribution in [-0.4, -0.2) is 26.1 Å². The normalized spacial score (nSPS) is 14.4. The molecule has 4 nitrogen and oxygen atoms in total. The van der Waals surface area contributed by atoms with Gasteiger partial charge in [-0.25, -0.2) is 4.39 Å². The molecule has 2 rings (SSSR count). The summed E-state index contributed by atoms with van der Waals surface area (Å²) < 4.78 is 18.4. The van der Waals surface area contributed by atoms with Crippen LogP contribution >= 0.6 is 0 Å². The first-order chi connectivity index (χ1) is 7.65. The van der Waals surface area contributed by atoms with Crippen molar-refractivity contribution >= 4 is 17.3 Å². The Hall–Kier alpha value is -1.78. The highest BCUT2D eigenvalue weighted by Gasteiger charge is 2.22. The first-order valence-corrected chi connectivity index (χ1v) is 5.08. The van der Waals surface area contributed by atoms with Crippen molar-refractivity contribution in [3.8, 4) is 5.75 Å². The third-order valence-corrected chi connectivity index (χ3v) is 2.60. The number of nitrogens with zero attached hydrogens (tertiary/aromatic N) is 1. The zero-order valence-corrected chi connectivity index (χ0v) is 9.21. The Bertz CT molecular complexity index is 434. The van der Waals surface area contributed by atoms with Crippen molar-refractivity contribution in [3.63, 3.8) is 0 Å². The molecule has 1 amide bonds. The van der Waals surface area contributed by atoms with E-state index in [1.54, 1.807) is 6.07 Å². The largest absolute Gasteiger partial charge is 0.494 e.